The van der Waals surface area contributed by atoms with E-state index < -0.39 is 30.0 Å². The zero-order valence-electron chi connectivity index (χ0n) is 23.7. The normalized spacial score (nSPS) is 27.4. The number of amidine groups is 1. The summed E-state index contributed by atoms with van der Waals surface area (Å²) in [6, 6.07) is 7.94. The van der Waals surface area contributed by atoms with Crippen LogP contribution in [0.3, 0.4) is 0 Å². The van der Waals surface area contributed by atoms with Crippen molar-refractivity contribution in [3.63, 3.8) is 0 Å². The Labute approximate surface area is 240 Å². The third-order valence-electron chi connectivity index (χ3n) is 8.21. The van der Waals surface area contributed by atoms with E-state index in [1.165, 1.54) is 12.7 Å². The Hall–Kier alpha value is -3.23. The van der Waals surface area contributed by atoms with Crippen LogP contribution >= 0.6 is 0 Å². The second-order valence-electron chi connectivity index (χ2n) is 11.5. The van der Waals surface area contributed by atoms with Gasteiger partial charge in [-0.3, -0.25) is 4.79 Å². The van der Waals surface area contributed by atoms with Crippen molar-refractivity contribution in [2.45, 2.75) is 88.2 Å². The van der Waals surface area contributed by atoms with Crippen LogP contribution < -0.4 is 4.74 Å². The molecular formula is C28H34F3N5O6. The maximum Gasteiger partial charge on any atom is 0.453 e. The summed E-state index contributed by atoms with van der Waals surface area (Å²) in [6.07, 6.45) is -3.52. The number of hydrogen-bond donors (Lipinski definition) is 0. The van der Waals surface area contributed by atoms with E-state index in [9.17, 15) is 18.0 Å². The molecule has 6 rings (SSSR count). The minimum absolute atomic E-state index is 0.0743. The highest BCUT2D eigenvalue weighted by Crippen LogP contribution is 2.40. The maximum atomic E-state index is 13.3. The van der Waals surface area contributed by atoms with Gasteiger partial charge in [0.2, 0.25) is 0 Å². The Balaban J connectivity index is 1.03. The summed E-state index contributed by atoms with van der Waals surface area (Å²) >= 11 is 0. The second-order valence-corrected chi connectivity index (χ2v) is 11.5. The zero-order chi connectivity index (χ0) is 29.6. The van der Waals surface area contributed by atoms with Crippen molar-refractivity contribution in [3.8, 4) is 5.75 Å². The Morgan fingerprint density at radius 3 is 2.40 bits per heavy atom. The highest BCUT2D eigenvalue weighted by Gasteiger charge is 2.55. The molecule has 1 aromatic carbocycles. The van der Waals surface area contributed by atoms with Gasteiger partial charge in [0, 0.05) is 25.9 Å². The van der Waals surface area contributed by atoms with E-state index in [-0.39, 0.29) is 37.0 Å². The van der Waals surface area contributed by atoms with Gasteiger partial charge < -0.3 is 28.6 Å². The van der Waals surface area contributed by atoms with Crippen LogP contribution in [-0.4, -0.2) is 88.6 Å². The quantitative estimate of drug-likeness (QED) is 0.465. The van der Waals surface area contributed by atoms with Gasteiger partial charge in [-0.25, -0.2) is 0 Å². The molecule has 4 aliphatic heterocycles. The smallest absolute Gasteiger partial charge is 0.453 e. The third kappa shape index (κ3) is 5.84. The van der Waals surface area contributed by atoms with Crippen molar-refractivity contribution in [2.24, 2.45) is 5.10 Å². The van der Waals surface area contributed by atoms with Gasteiger partial charge in [-0.05, 0) is 50.3 Å². The van der Waals surface area contributed by atoms with Gasteiger partial charge in [-0.2, -0.15) is 22.9 Å². The van der Waals surface area contributed by atoms with Crippen LogP contribution in [0.5, 0.6) is 5.75 Å². The number of benzene rings is 1. The molecule has 0 bridgehead atoms. The van der Waals surface area contributed by atoms with E-state index >= 15 is 0 Å². The molecule has 0 N–H and O–H groups in total. The van der Waals surface area contributed by atoms with Crippen molar-refractivity contribution >= 4 is 11.8 Å². The maximum absolute atomic E-state index is 13.3. The fourth-order valence-corrected chi connectivity index (χ4v) is 6.16. The van der Waals surface area contributed by atoms with Gasteiger partial charge in [0.15, 0.2) is 11.6 Å². The zero-order valence-corrected chi connectivity index (χ0v) is 23.7. The summed E-state index contributed by atoms with van der Waals surface area (Å²) in [5, 5.41) is 11.2. The number of alkyl halides is 3. The number of carbonyl (C=O) groups is 1. The van der Waals surface area contributed by atoms with Crippen LogP contribution in [0, 0.1) is 0 Å². The van der Waals surface area contributed by atoms with Crippen molar-refractivity contribution < 1.29 is 41.7 Å². The standard InChI is InChI=1S/C28H34F3N5O6/c1-27(2)41-24-19(14-23(37)38-3)40-20(25(24)42-27)15-39-18-6-4-16(5-7-18)17-10-12-35(13-11-17)22-9-8-21-32-33-26(28(29,30)31)36(21)34-22/h4-7,17,19-20,24-25H,8-15H2,1-3H3/t19?,20-,24+,25-/m1/s1. The molecular weight excluding hydrogens is 559 g/mol. The molecule has 0 spiro atoms. The Morgan fingerprint density at radius 1 is 1.05 bits per heavy atom. The number of piperidine rings is 1. The second kappa shape index (κ2) is 11.1. The summed E-state index contributed by atoms with van der Waals surface area (Å²) in [4.78, 5) is 13.9. The molecule has 1 unspecified atom stereocenters. The van der Waals surface area contributed by atoms with Gasteiger partial charge >= 0.3 is 12.1 Å². The van der Waals surface area contributed by atoms with E-state index in [4.69, 9.17) is 23.7 Å². The van der Waals surface area contributed by atoms with E-state index in [2.05, 4.69) is 20.2 Å². The number of aromatic nitrogens is 3. The number of carbonyl (C=O) groups excluding carboxylic acids is 1. The summed E-state index contributed by atoms with van der Waals surface area (Å²) in [5.41, 5.74) is 1.18. The van der Waals surface area contributed by atoms with Gasteiger partial charge in [-0.15, -0.1) is 10.2 Å². The minimum Gasteiger partial charge on any atom is -0.491 e. The number of likely N-dealkylation sites (tertiary alicyclic amines) is 1. The summed E-state index contributed by atoms with van der Waals surface area (Å²) in [6.45, 7) is 5.31. The highest BCUT2D eigenvalue weighted by molar-refractivity contribution is 5.83. The molecule has 3 fully saturated rings. The molecule has 0 saturated carbocycles. The molecule has 0 radical (unpaired) electrons. The molecule has 1 aromatic heterocycles. The van der Waals surface area contributed by atoms with Crippen LogP contribution in [-0.2, 0) is 36.3 Å². The van der Waals surface area contributed by atoms with Gasteiger partial charge in [0.1, 0.15) is 36.5 Å². The number of hydrogen-bond acceptors (Lipinski definition) is 10. The van der Waals surface area contributed by atoms with E-state index in [0.717, 1.165) is 17.5 Å². The van der Waals surface area contributed by atoms with Crippen LogP contribution in [0.25, 0.3) is 0 Å². The number of esters is 1. The first-order valence-corrected chi connectivity index (χ1v) is 14.2. The first-order valence-electron chi connectivity index (χ1n) is 14.2. The average molecular weight is 594 g/mol. The summed E-state index contributed by atoms with van der Waals surface area (Å²) in [7, 11) is 1.34. The fourth-order valence-electron chi connectivity index (χ4n) is 6.16. The van der Waals surface area contributed by atoms with E-state index in [1.54, 1.807) is 0 Å². The van der Waals surface area contributed by atoms with Crippen molar-refractivity contribution in [1.82, 2.24) is 19.8 Å². The lowest BCUT2D eigenvalue weighted by Crippen LogP contribution is -2.40. The van der Waals surface area contributed by atoms with Gasteiger partial charge in [0.25, 0.3) is 5.82 Å². The van der Waals surface area contributed by atoms with Crippen LogP contribution in [0.15, 0.2) is 29.4 Å². The number of ether oxygens (including phenoxy) is 5. The molecule has 42 heavy (non-hydrogen) atoms. The number of halogens is 3. The first kappa shape index (κ1) is 28.9. The van der Waals surface area contributed by atoms with E-state index in [0.29, 0.717) is 43.4 Å². The average Bonchev–Trinajstić information content (AvgIpc) is 3.63. The van der Waals surface area contributed by atoms with Crippen LogP contribution in [0.4, 0.5) is 13.2 Å². The third-order valence-corrected chi connectivity index (χ3v) is 8.21. The minimum atomic E-state index is -4.60. The lowest BCUT2D eigenvalue weighted by molar-refractivity contribution is -0.192. The van der Waals surface area contributed by atoms with Crippen molar-refractivity contribution in [3.05, 3.63) is 41.5 Å². The monoisotopic (exact) mass is 593 g/mol. The molecule has 4 aliphatic rings. The Bertz CT molecular complexity index is 1320. The Kier molecular flexibility index (Phi) is 7.64. The van der Waals surface area contributed by atoms with Gasteiger partial charge in [0.05, 0.1) is 19.6 Å². The molecule has 2 aromatic rings. The number of rotatable bonds is 6. The fraction of sp³-hybridized carbons (Fsp3) is 0.643. The lowest BCUT2D eigenvalue weighted by Gasteiger charge is -2.35. The highest BCUT2D eigenvalue weighted by atomic mass is 19.4. The molecule has 228 valence electrons. The number of nitrogens with zero attached hydrogens (tertiary/aromatic N) is 5. The largest absolute Gasteiger partial charge is 0.491 e. The Morgan fingerprint density at radius 2 is 1.74 bits per heavy atom. The molecule has 0 amide bonds. The number of aryl methyl sites for hydroxylation is 1. The molecule has 0 aliphatic carbocycles. The molecule has 3 saturated heterocycles. The molecule has 4 atom stereocenters. The van der Waals surface area contributed by atoms with Crippen molar-refractivity contribution in [1.29, 1.82) is 0 Å². The SMILES string of the molecule is COC(=O)CC1O[C@H](COc2ccc(C3CCN(C4=Nn5c(nnc5C(F)(F)F)CC4)CC3)cc2)[C@H]2OC(C)(C)O[C@@H]12. The predicted molar refractivity (Wildman–Crippen MR) is 141 cm³/mol. The molecule has 5 heterocycles. The lowest BCUT2D eigenvalue weighted by atomic mass is 9.89. The summed E-state index contributed by atoms with van der Waals surface area (Å²) < 4.78 is 69.6. The van der Waals surface area contributed by atoms with E-state index in [1.807, 2.05) is 38.1 Å². The summed E-state index contributed by atoms with van der Waals surface area (Å²) in [5.74, 6) is -0.357. The topological polar surface area (TPSA) is 110 Å². The van der Waals surface area contributed by atoms with Crippen molar-refractivity contribution in [2.75, 3.05) is 26.8 Å². The number of methoxy groups -OCH3 is 1. The molecule has 11 nitrogen and oxygen atoms in total. The van der Waals surface area contributed by atoms with Crippen LogP contribution in [0.2, 0.25) is 0 Å². The first-order chi connectivity index (χ1) is 20.0. The predicted octanol–water partition coefficient (Wildman–Crippen LogP) is 3.51. The van der Waals surface area contributed by atoms with Crippen LogP contribution in [0.1, 0.15) is 62.7 Å². The van der Waals surface area contributed by atoms with Gasteiger partial charge in [-0.1, -0.05) is 12.1 Å². The number of fused-ring (bicyclic) bond motifs is 2. The molecule has 14 heteroatoms.